The predicted octanol–water partition coefficient (Wildman–Crippen LogP) is -0.314. The van der Waals surface area contributed by atoms with Crippen LogP contribution in [0.4, 0.5) is 0 Å². The number of nitrogens with one attached hydrogen (secondary N) is 1. The minimum atomic E-state index is -0.871. The van der Waals surface area contributed by atoms with Gasteiger partial charge in [-0.2, -0.15) is 0 Å². The molecular weight excluding hydrogens is 184 g/mol. The maximum Gasteiger partial charge on any atom is 0.320 e. The van der Waals surface area contributed by atoms with Gasteiger partial charge < -0.3 is 9.67 Å². The van der Waals surface area contributed by atoms with Crippen molar-refractivity contribution in [2.45, 2.75) is 26.4 Å². The van der Waals surface area contributed by atoms with Gasteiger partial charge in [0.05, 0.1) is 6.54 Å². The Morgan fingerprint density at radius 1 is 1.64 bits per heavy atom. The maximum absolute atomic E-state index is 10.5. The number of rotatable bonds is 4. The summed E-state index contributed by atoms with van der Waals surface area (Å²) in [5, 5.41) is 19.2. The van der Waals surface area contributed by atoms with Crippen LogP contribution < -0.4 is 5.32 Å². The van der Waals surface area contributed by atoms with Crippen molar-refractivity contribution in [3.05, 3.63) is 11.6 Å². The Morgan fingerprint density at radius 3 is 2.71 bits per heavy atom. The third-order valence-corrected chi connectivity index (χ3v) is 2.12. The van der Waals surface area contributed by atoms with Crippen LogP contribution in [0.3, 0.4) is 0 Å². The highest BCUT2D eigenvalue weighted by Gasteiger charge is 2.11. The molecule has 0 saturated heterocycles. The molecule has 0 saturated carbocycles. The highest BCUT2D eigenvalue weighted by molar-refractivity contribution is 5.72. The summed E-state index contributed by atoms with van der Waals surface area (Å²) in [7, 11) is 1.85. The number of aliphatic carboxylic acids is 1. The number of carbonyl (C=O) groups is 1. The van der Waals surface area contributed by atoms with E-state index in [4.69, 9.17) is 5.11 Å². The van der Waals surface area contributed by atoms with Crippen molar-refractivity contribution in [1.82, 2.24) is 20.1 Å². The van der Waals surface area contributed by atoms with Gasteiger partial charge in [-0.15, -0.1) is 10.2 Å². The van der Waals surface area contributed by atoms with Gasteiger partial charge in [-0.3, -0.25) is 10.1 Å². The largest absolute Gasteiger partial charge is 0.480 e. The second kappa shape index (κ2) is 4.19. The van der Waals surface area contributed by atoms with Crippen LogP contribution in [0.25, 0.3) is 0 Å². The van der Waals surface area contributed by atoms with Gasteiger partial charge in [0.2, 0.25) is 0 Å². The van der Waals surface area contributed by atoms with Gasteiger partial charge in [-0.1, -0.05) is 0 Å². The van der Waals surface area contributed by atoms with Crippen molar-refractivity contribution >= 4 is 5.97 Å². The van der Waals surface area contributed by atoms with Crippen molar-refractivity contribution in [1.29, 1.82) is 0 Å². The molecule has 0 aliphatic rings. The average Bonchev–Trinajstić information content (AvgIpc) is 2.44. The molecule has 0 fully saturated rings. The summed E-state index contributed by atoms with van der Waals surface area (Å²) in [4.78, 5) is 10.5. The Kier molecular flexibility index (Phi) is 3.19. The number of hydrogen-bond donors (Lipinski definition) is 2. The highest BCUT2D eigenvalue weighted by Crippen LogP contribution is 1.97. The molecule has 0 aliphatic carbocycles. The molecule has 1 heterocycles. The second-order valence-electron chi connectivity index (χ2n) is 3.16. The molecule has 0 aliphatic heterocycles. The SMILES string of the molecule is Cc1nnc(CNC(C)C(=O)O)n1C. The first-order valence-electron chi connectivity index (χ1n) is 4.33. The first kappa shape index (κ1) is 10.6. The van der Waals surface area contributed by atoms with Crippen LogP contribution in [-0.2, 0) is 18.4 Å². The Bertz CT molecular complexity index is 334. The normalized spacial score (nSPS) is 12.8. The molecule has 2 N–H and O–H groups in total. The third kappa shape index (κ3) is 2.29. The van der Waals surface area contributed by atoms with E-state index < -0.39 is 12.0 Å². The van der Waals surface area contributed by atoms with E-state index >= 15 is 0 Å². The van der Waals surface area contributed by atoms with Crippen LogP contribution >= 0.6 is 0 Å². The van der Waals surface area contributed by atoms with Gasteiger partial charge in [0.25, 0.3) is 0 Å². The first-order valence-corrected chi connectivity index (χ1v) is 4.33. The van der Waals surface area contributed by atoms with Crippen LogP contribution in [0.5, 0.6) is 0 Å². The van der Waals surface area contributed by atoms with Crippen molar-refractivity contribution in [3.8, 4) is 0 Å². The third-order valence-electron chi connectivity index (χ3n) is 2.12. The van der Waals surface area contributed by atoms with E-state index in [0.29, 0.717) is 6.54 Å². The molecule has 6 nitrogen and oxygen atoms in total. The summed E-state index contributed by atoms with van der Waals surface area (Å²) in [6.07, 6.45) is 0. The Morgan fingerprint density at radius 2 is 2.29 bits per heavy atom. The molecule has 0 aromatic carbocycles. The number of hydrogen-bond acceptors (Lipinski definition) is 4. The minimum absolute atomic E-state index is 0.408. The van der Waals surface area contributed by atoms with Gasteiger partial charge in [-0.05, 0) is 13.8 Å². The Labute approximate surface area is 82.0 Å². The molecule has 1 atom stereocenters. The van der Waals surface area contributed by atoms with Gasteiger partial charge in [0, 0.05) is 7.05 Å². The highest BCUT2D eigenvalue weighted by atomic mass is 16.4. The maximum atomic E-state index is 10.5. The predicted molar refractivity (Wildman–Crippen MR) is 49.7 cm³/mol. The van der Waals surface area contributed by atoms with E-state index in [9.17, 15) is 4.79 Å². The fourth-order valence-electron chi connectivity index (χ4n) is 0.937. The van der Waals surface area contributed by atoms with E-state index in [1.165, 1.54) is 0 Å². The van der Waals surface area contributed by atoms with E-state index in [-0.39, 0.29) is 0 Å². The Balaban J connectivity index is 2.54. The van der Waals surface area contributed by atoms with Gasteiger partial charge in [0.1, 0.15) is 17.7 Å². The van der Waals surface area contributed by atoms with E-state index in [0.717, 1.165) is 11.6 Å². The number of nitrogens with zero attached hydrogens (tertiary/aromatic N) is 3. The summed E-state index contributed by atoms with van der Waals surface area (Å²) in [5.41, 5.74) is 0. The molecule has 78 valence electrons. The summed E-state index contributed by atoms with van der Waals surface area (Å²) in [6.45, 7) is 3.84. The lowest BCUT2D eigenvalue weighted by molar-refractivity contribution is -0.139. The van der Waals surface area contributed by atoms with Crippen LogP contribution in [0.2, 0.25) is 0 Å². The van der Waals surface area contributed by atoms with Crippen LogP contribution in [-0.4, -0.2) is 31.9 Å². The topological polar surface area (TPSA) is 80.0 Å². The van der Waals surface area contributed by atoms with E-state index in [2.05, 4.69) is 15.5 Å². The summed E-state index contributed by atoms with van der Waals surface area (Å²) >= 11 is 0. The summed E-state index contributed by atoms with van der Waals surface area (Å²) < 4.78 is 1.82. The first-order chi connectivity index (χ1) is 6.52. The fraction of sp³-hybridized carbons (Fsp3) is 0.625. The monoisotopic (exact) mass is 198 g/mol. The lowest BCUT2D eigenvalue weighted by atomic mass is 10.3. The van der Waals surface area contributed by atoms with E-state index in [1.54, 1.807) is 6.92 Å². The minimum Gasteiger partial charge on any atom is -0.480 e. The zero-order valence-corrected chi connectivity index (χ0v) is 8.48. The molecule has 0 bridgehead atoms. The molecule has 1 unspecified atom stereocenters. The average molecular weight is 198 g/mol. The molecule has 14 heavy (non-hydrogen) atoms. The zero-order chi connectivity index (χ0) is 10.7. The summed E-state index contributed by atoms with van der Waals surface area (Å²) in [5.74, 6) is 0.671. The molecule has 0 amide bonds. The van der Waals surface area contributed by atoms with Gasteiger partial charge in [0.15, 0.2) is 0 Å². The van der Waals surface area contributed by atoms with E-state index in [1.807, 2.05) is 18.5 Å². The van der Waals surface area contributed by atoms with Gasteiger partial charge in [-0.25, -0.2) is 0 Å². The smallest absolute Gasteiger partial charge is 0.320 e. The lowest BCUT2D eigenvalue weighted by Gasteiger charge is -2.08. The van der Waals surface area contributed by atoms with Crippen LogP contribution in [0, 0.1) is 6.92 Å². The standard InChI is InChI=1S/C8H14N4O2/c1-5(8(13)14)9-4-7-11-10-6(2)12(7)3/h5,9H,4H2,1-3H3,(H,13,14). The van der Waals surface area contributed by atoms with Gasteiger partial charge >= 0.3 is 5.97 Å². The molecule has 1 aromatic rings. The zero-order valence-electron chi connectivity index (χ0n) is 8.48. The number of carboxylic acid groups (broad SMARTS) is 1. The van der Waals surface area contributed by atoms with Crippen molar-refractivity contribution in [3.63, 3.8) is 0 Å². The molecule has 1 rings (SSSR count). The molecular formula is C8H14N4O2. The Hall–Kier alpha value is -1.43. The van der Waals surface area contributed by atoms with Crippen LogP contribution in [0.15, 0.2) is 0 Å². The van der Waals surface area contributed by atoms with Crippen LogP contribution in [0.1, 0.15) is 18.6 Å². The second-order valence-corrected chi connectivity index (χ2v) is 3.16. The quantitative estimate of drug-likeness (QED) is 0.693. The molecule has 0 radical (unpaired) electrons. The number of aryl methyl sites for hydroxylation is 1. The molecule has 1 aromatic heterocycles. The fourth-order valence-corrected chi connectivity index (χ4v) is 0.937. The molecule has 6 heteroatoms. The van der Waals surface area contributed by atoms with Crippen molar-refractivity contribution in [2.24, 2.45) is 7.05 Å². The number of carboxylic acids is 1. The number of aromatic nitrogens is 3. The summed E-state index contributed by atoms with van der Waals surface area (Å²) in [6, 6.07) is -0.577. The van der Waals surface area contributed by atoms with Crippen molar-refractivity contribution in [2.75, 3.05) is 0 Å². The van der Waals surface area contributed by atoms with Crippen molar-refractivity contribution < 1.29 is 9.90 Å². The molecule has 0 spiro atoms. The lowest BCUT2D eigenvalue weighted by Crippen LogP contribution is -2.33.